The molecule has 2 aromatic carbocycles. The SMILES string of the molecule is CSc1ccccc1C(=O)N1CCC(c2ccccc2Cl)S(=O)(=O)CC1. The van der Waals surface area contributed by atoms with E-state index < -0.39 is 15.1 Å². The summed E-state index contributed by atoms with van der Waals surface area (Å²) in [6.45, 7) is 0.585. The lowest BCUT2D eigenvalue weighted by Gasteiger charge is -2.21. The van der Waals surface area contributed by atoms with E-state index >= 15 is 0 Å². The van der Waals surface area contributed by atoms with Crippen LogP contribution < -0.4 is 0 Å². The van der Waals surface area contributed by atoms with Gasteiger partial charge >= 0.3 is 0 Å². The molecule has 1 heterocycles. The van der Waals surface area contributed by atoms with E-state index in [0.717, 1.165) is 4.90 Å². The Balaban J connectivity index is 1.87. The van der Waals surface area contributed by atoms with E-state index in [1.54, 1.807) is 35.2 Å². The highest BCUT2D eigenvalue weighted by Gasteiger charge is 2.34. The molecule has 1 unspecified atom stereocenters. The van der Waals surface area contributed by atoms with E-state index in [1.165, 1.54) is 11.8 Å². The molecule has 0 bridgehead atoms. The zero-order valence-corrected chi connectivity index (χ0v) is 16.8. The van der Waals surface area contributed by atoms with Crippen LogP contribution >= 0.6 is 23.4 Å². The van der Waals surface area contributed by atoms with Crippen molar-refractivity contribution in [1.29, 1.82) is 0 Å². The van der Waals surface area contributed by atoms with Gasteiger partial charge in [0.05, 0.1) is 16.6 Å². The number of halogens is 1. The molecule has 1 fully saturated rings. The molecule has 0 N–H and O–H groups in total. The van der Waals surface area contributed by atoms with Gasteiger partial charge < -0.3 is 4.90 Å². The van der Waals surface area contributed by atoms with Gasteiger partial charge in [-0.05, 0) is 36.4 Å². The normalized spacial score (nSPS) is 19.8. The Morgan fingerprint density at radius 2 is 1.81 bits per heavy atom. The number of amides is 1. The summed E-state index contributed by atoms with van der Waals surface area (Å²) in [5, 5.41) is -0.224. The average molecular weight is 410 g/mol. The van der Waals surface area contributed by atoms with Crippen LogP contribution in [0.3, 0.4) is 0 Å². The first-order valence-corrected chi connectivity index (χ1v) is 11.6. The van der Waals surface area contributed by atoms with Crippen LogP contribution in [0, 0.1) is 0 Å². The summed E-state index contributed by atoms with van der Waals surface area (Å²) >= 11 is 7.73. The lowest BCUT2D eigenvalue weighted by Crippen LogP contribution is -2.33. The molecular weight excluding hydrogens is 390 g/mol. The van der Waals surface area contributed by atoms with Gasteiger partial charge in [-0.2, -0.15) is 0 Å². The van der Waals surface area contributed by atoms with Crippen LogP contribution in [0.2, 0.25) is 5.02 Å². The van der Waals surface area contributed by atoms with Crippen LogP contribution in [0.4, 0.5) is 0 Å². The maximum Gasteiger partial charge on any atom is 0.255 e. The van der Waals surface area contributed by atoms with Gasteiger partial charge in [0, 0.05) is 23.0 Å². The molecule has 2 aromatic rings. The highest BCUT2D eigenvalue weighted by atomic mass is 35.5. The quantitative estimate of drug-likeness (QED) is 0.717. The molecule has 7 heteroatoms. The maximum atomic E-state index is 12.9. The van der Waals surface area contributed by atoms with Crippen molar-refractivity contribution in [2.45, 2.75) is 16.6 Å². The molecule has 1 aliphatic heterocycles. The highest BCUT2D eigenvalue weighted by molar-refractivity contribution is 7.98. The summed E-state index contributed by atoms with van der Waals surface area (Å²) in [7, 11) is -3.38. The van der Waals surface area contributed by atoms with Gasteiger partial charge in [0.25, 0.3) is 5.91 Å². The first-order chi connectivity index (χ1) is 12.4. The van der Waals surface area contributed by atoms with Gasteiger partial charge in [0.2, 0.25) is 0 Å². The third-order valence-electron chi connectivity index (χ3n) is 4.62. The fourth-order valence-electron chi connectivity index (χ4n) is 3.22. The summed E-state index contributed by atoms with van der Waals surface area (Å²) in [6.07, 6.45) is 2.27. The fourth-order valence-corrected chi connectivity index (χ4v) is 5.96. The van der Waals surface area contributed by atoms with Gasteiger partial charge in [0.1, 0.15) is 0 Å². The van der Waals surface area contributed by atoms with Crippen molar-refractivity contribution < 1.29 is 13.2 Å². The Morgan fingerprint density at radius 1 is 1.12 bits per heavy atom. The van der Waals surface area contributed by atoms with E-state index in [2.05, 4.69) is 0 Å². The smallest absolute Gasteiger partial charge is 0.255 e. The van der Waals surface area contributed by atoms with Gasteiger partial charge in [-0.15, -0.1) is 11.8 Å². The maximum absolute atomic E-state index is 12.9. The Labute approximate surface area is 163 Å². The topological polar surface area (TPSA) is 54.5 Å². The van der Waals surface area contributed by atoms with Gasteiger partial charge in [-0.3, -0.25) is 4.79 Å². The molecule has 0 saturated carbocycles. The van der Waals surface area contributed by atoms with Gasteiger partial charge in [-0.25, -0.2) is 8.42 Å². The second-order valence-electron chi connectivity index (χ2n) is 6.16. The molecule has 4 nitrogen and oxygen atoms in total. The molecule has 0 aromatic heterocycles. The molecule has 1 aliphatic rings. The van der Waals surface area contributed by atoms with E-state index in [9.17, 15) is 13.2 Å². The highest BCUT2D eigenvalue weighted by Crippen LogP contribution is 2.34. The monoisotopic (exact) mass is 409 g/mol. The van der Waals surface area contributed by atoms with Gasteiger partial charge in [-0.1, -0.05) is 41.9 Å². The number of carbonyl (C=O) groups is 1. The van der Waals surface area contributed by atoms with Crippen molar-refractivity contribution in [2.24, 2.45) is 0 Å². The van der Waals surface area contributed by atoms with Crippen molar-refractivity contribution >= 4 is 39.1 Å². The minimum Gasteiger partial charge on any atom is -0.338 e. The van der Waals surface area contributed by atoms with E-state index in [-0.39, 0.29) is 18.2 Å². The largest absolute Gasteiger partial charge is 0.338 e. The zero-order chi connectivity index (χ0) is 18.7. The molecule has 0 radical (unpaired) electrons. The molecule has 138 valence electrons. The summed E-state index contributed by atoms with van der Waals surface area (Å²) in [6, 6.07) is 14.4. The van der Waals surface area contributed by atoms with Crippen LogP contribution in [0.1, 0.15) is 27.6 Å². The number of sulfone groups is 1. The number of carbonyl (C=O) groups excluding carboxylic acids is 1. The standard InChI is InChI=1S/C19H20ClNO3S2/c1-25-17-9-5-3-7-15(17)19(22)21-11-10-18(26(23,24)13-12-21)14-6-2-4-8-16(14)20/h2-9,18H,10-13H2,1H3. The molecule has 0 spiro atoms. The molecule has 26 heavy (non-hydrogen) atoms. The predicted molar refractivity (Wildman–Crippen MR) is 107 cm³/mol. The second-order valence-corrected chi connectivity index (χ2v) is 9.72. The number of thioether (sulfide) groups is 1. The minimum atomic E-state index is -3.38. The van der Waals surface area contributed by atoms with Crippen molar-refractivity contribution in [1.82, 2.24) is 4.90 Å². The summed E-state index contributed by atoms with van der Waals surface area (Å²) < 4.78 is 25.6. The number of nitrogens with zero attached hydrogens (tertiary/aromatic N) is 1. The van der Waals surface area contributed by atoms with Crippen LogP contribution in [-0.4, -0.2) is 44.3 Å². The Kier molecular flexibility index (Phi) is 5.95. The zero-order valence-electron chi connectivity index (χ0n) is 14.4. The second kappa shape index (κ2) is 8.03. The number of hydrogen-bond acceptors (Lipinski definition) is 4. The van der Waals surface area contributed by atoms with Crippen LogP contribution in [0.5, 0.6) is 0 Å². The minimum absolute atomic E-state index is 0.0595. The van der Waals surface area contributed by atoms with Crippen molar-refractivity contribution in [3.8, 4) is 0 Å². The molecular formula is C19H20ClNO3S2. The number of rotatable bonds is 3. The molecule has 3 rings (SSSR count). The number of hydrogen-bond donors (Lipinski definition) is 0. The lowest BCUT2D eigenvalue weighted by molar-refractivity contribution is 0.0763. The molecule has 1 saturated heterocycles. The first kappa shape index (κ1) is 19.3. The van der Waals surface area contributed by atoms with Crippen LogP contribution in [-0.2, 0) is 9.84 Å². The summed E-state index contributed by atoms with van der Waals surface area (Å²) in [4.78, 5) is 15.5. The Morgan fingerprint density at radius 3 is 2.54 bits per heavy atom. The van der Waals surface area contributed by atoms with Crippen molar-refractivity contribution in [3.63, 3.8) is 0 Å². The Hall–Kier alpha value is -1.50. The summed E-state index contributed by atoms with van der Waals surface area (Å²) in [5.41, 5.74) is 1.24. The third kappa shape index (κ3) is 3.92. The number of benzene rings is 2. The summed E-state index contributed by atoms with van der Waals surface area (Å²) in [5.74, 6) is -0.180. The van der Waals surface area contributed by atoms with Crippen molar-refractivity contribution in [2.75, 3.05) is 25.1 Å². The lowest BCUT2D eigenvalue weighted by atomic mass is 10.1. The molecule has 0 aliphatic carbocycles. The third-order valence-corrected chi connectivity index (χ3v) is 7.87. The predicted octanol–water partition coefficient (Wildman–Crippen LogP) is 4.06. The van der Waals surface area contributed by atoms with E-state index in [4.69, 9.17) is 11.6 Å². The first-order valence-electron chi connectivity index (χ1n) is 8.32. The van der Waals surface area contributed by atoms with E-state index in [1.807, 2.05) is 24.5 Å². The van der Waals surface area contributed by atoms with E-state index in [0.29, 0.717) is 29.1 Å². The van der Waals surface area contributed by atoms with Crippen LogP contribution in [0.15, 0.2) is 53.4 Å². The van der Waals surface area contributed by atoms with Gasteiger partial charge in [0.15, 0.2) is 9.84 Å². The average Bonchev–Trinajstić information content (AvgIpc) is 2.80. The Bertz CT molecular complexity index is 915. The van der Waals surface area contributed by atoms with Crippen molar-refractivity contribution in [3.05, 3.63) is 64.7 Å². The molecule has 1 amide bonds. The molecule has 1 atom stereocenters. The fraction of sp³-hybridized carbons (Fsp3) is 0.316. The van der Waals surface area contributed by atoms with Crippen LogP contribution in [0.25, 0.3) is 0 Å².